The van der Waals surface area contributed by atoms with Crippen LogP contribution in [0.4, 0.5) is 4.79 Å². The van der Waals surface area contributed by atoms with Gasteiger partial charge in [0.1, 0.15) is 16.7 Å². The Morgan fingerprint density at radius 3 is 2.53 bits per heavy atom. The highest BCUT2D eigenvalue weighted by Crippen LogP contribution is 2.16. The van der Waals surface area contributed by atoms with Crippen LogP contribution in [0.25, 0.3) is 0 Å². The molecule has 0 aliphatic carbocycles. The molecule has 5 nitrogen and oxygen atoms in total. The first-order chi connectivity index (χ1) is 7.69. The summed E-state index contributed by atoms with van der Waals surface area (Å²) < 4.78 is 10.8. The maximum absolute atomic E-state index is 11.9. The van der Waals surface area contributed by atoms with E-state index in [0.29, 0.717) is 13.1 Å². The fourth-order valence-corrected chi connectivity index (χ4v) is 1.71. The Labute approximate surface area is 107 Å². The molecular formula is C11H20N2O3S. The largest absolute Gasteiger partial charge is 0.444 e. The van der Waals surface area contributed by atoms with Gasteiger partial charge in [-0.2, -0.15) is 0 Å². The van der Waals surface area contributed by atoms with Crippen molar-refractivity contribution < 1.29 is 14.3 Å². The summed E-state index contributed by atoms with van der Waals surface area (Å²) in [6.45, 7) is 8.23. The van der Waals surface area contributed by atoms with Crippen LogP contribution in [0, 0.1) is 0 Å². The van der Waals surface area contributed by atoms with Crippen molar-refractivity contribution in [2.24, 2.45) is 5.73 Å². The predicted molar refractivity (Wildman–Crippen MR) is 68.9 cm³/mol. The number of amides is 1. The van der Waals surface area contributed by atoms with E-state index in [0.717, 1.165) is 0 Å². The fraction of sp³-hybridized carbons (Fsp3) is 0.818. The van der Waals surface area contributed by atoms with E-state index in [4.69, 9.17) is 27.4 Å². The van der Waals surface area contributed by atoms with Gasteiger partial charge < -0.3 is 20.1 Å². The van der Waals surface area contributed by atoms with Crippen LogP contribution < -0.4 is 5.73 Å². The number of hydrogen-bond acceptors (Lipinski definition) is 4. The molecule has 1 amide bonds. The van der Waals surface area contributed by atoms with Crippen LogP contribution in [0.3, 0.4) is 0 Å². The van der Waals surface area contributed by atoms with Gasteiger partial charge in [0.2, 0.25) is 0 Å². The van der Waals surface area contributed by atoms with Gasteiger partial charge in [0.25, 0.3) is 0 Å². The van der Waals surface area contributed by atoms with Crippen molar-refractivity contribution in [3.63, 3.8) is 0 Å². The molecule has 0 bridgehead atoms. The smallest absolute Gasteiger partial charge is 0.410 e. The number of hydrogen-bond donors (Lipinski definition) is 1. The first-order valence-corrected chi connectivity index (χ1v) is 6.02. The first kappa shape index (κ1) is 14.2. The van der Waals surface area contributed by atoms with Crippen molar-refractivity contribution in [2.75, 3.05) is 13.1 Å². The Kier molecular flexibility index (Phi) is 4.32. The molecule has 1 rings (SSSR count). The zero-order valence-corrected chi connectivity index (χ0v) is 11.5. The van der Waals surface area contributed by atoms with Crippen molar-refractivity contribution in [3.05, 3.63) is 0 Å². The molecule has 0 aromatic heterocycles. The van der Waals surface area contributed by atoms with Gasteiger partial charge in [-0.3, -0.25) is 0 Å². The molecule has 0 radical (unpaired) electrons. The molecule has 1 heterocycles. The van der Waals surface area contributed by atoms with Gasteiger partial charge in [-0.1, -0.05) is 12.2 Å². The van der Waals surface area contributed by atoms with Crippen molar-refractivity contribution in [2.45, 2.75) is 45.5 Å². The zero-order chi connectivity index (χ0) is 13.2. The van der Waals surface area contributed by atoms with Crippen molar-refractivity contribution in [1.82, 2.24) is 4.90 Å². The van der Waals surface area contributed by atoms with E-state index in [1.807, 2.05) is 27.7 Å². The highest BCUT2D eigenvalue weighted by molar-refractivity contribution is 7.80. The summed E-state index contributed by atoms with van der Waals surface area (Å²) in [5.74, 6) is 0. The number of ether oxygens (including phenoxy) is 2. The Hall–Kier alpha value is -0.880. The molecule has 1 saturated heterocycles. The number of thiocarbonyl (C=S) groups is 1. The third-order valence-electron chi connectivity index (χ3n) is 2.23. The van der Waals surface area contributed by atoms with E-state index in [1.54, 1.807) is 4.90 Å². The number of carbonyl (C=O) groups is 1. The van der Waals surface area contributed by atoms with Gasteiger partial charge in [0, 0.05) is 0 Å². The second kappa shape index (κ2) is 5.18. The highest BCUT2D eigenvalue weighted by Gasteiger charge is 2.32. The number of morpholine rings is 1. The lowest BCUT2D eigenvalue weighted by Crippen LogP contribution is -2.53. The van der Waals surface area contributed by atoms with E-state index in [1.165, 1.54) is 0 Å². The second-order valence-electron chi connectivity index (χ2n) is 5.22. The minimum Gasteiger partial charge on any atom is -0.444 e. The molecule has 1 fully saturated rings. The summed E-state index contributed by atoms with van der Waals surface area (Å²) in [4.78, 5) is 13.7. The summed E-state index contributed by atoms with van der Waals surface area (Å²) in [5.41, 5.74) is 5.04. The second-order valence-corrected chi connectivity index (χ2v) is 5.69. The summed E-state index contributed by atoms with van der Waals surface area (Å²) in [6.07, 6.45) is -0.835. The van der Waals surface area contributed by atoms with Gasteiger partial charge in [-0.05, 0) is 27.7 Å². The minimum absolute atomic E-state index is 0.0947. The molecule has 6 heteroatoms. The monoisotopic (exact) mass is 260 g/mol. The summed E-state index contributed by atoms with van der Waals surface area (Å²) in [7, 11) is 0. The molecule has 98 valence electrons. The molecule has 2 N–H and O–H groups in total. The predicted octanol–water partition coefficient (Wildman–Crippen LogP) is 1.30. The number of nitrogens with two attached hydrogens (primary N) is 1. The van der Waals surface area contributed by atoms with Crippen LogP contribution in [0.15, 0.2) is 0 Å². The Bertz CT molecular complexity index is 314. The Balaban J connectivity index is 2.64. The third-order valence-corrected chi connectivity index (χ3v) is 2.49. The maximum Gasteiger partial charge on any atom is 0.410 e. The normalized spacial score (nSPS) is 25.5. The zero-order valence-electron chi connectivity index (χ0n) is 10.7. The molecule has 0 saturated carbocycles. The van der Waals surface area contributed by atoms with Crippen LogP contribution >= 0.6 is 12.2 Å². The molecular weight excluding hydrogens is 240 g/mol. The van der Waals surface area contributed by atoms with E-state index >= 15 is 0 Å². The number of carbonyl (C=O) groups excluding carboxylic acids is 1. The summed E-state index contributed by atoms with van der Waals surface area (Å²) in [6, 6.07) is 0. The molecule has 2 atom stereocenters. The minimum atomic E-state index is -0.503. The molecule has 1 aliphatic rings. The SMILES string of the molecule is C[C@@H]1CN(C(=O)OC(C)(C)C)C[C@@H](C(N)=S)O1. The molecule has 0 aromatic carbocycles. The van der Waals surface area contributed by atoms with Crippen LogP contribution in [0.1, 0.15) is 27.7 Å². The molecule has 0 spiro atoms. The van der Waals surface area contributed by atoms with Crippen LogP contribution in [0.2, 0.25) is 0 Å². The highest BCUT2D eigenvalue weighted by atomic mass is 32.1. The summed E-state index contributed by atoms with van der Waals surface area (Å²) in [5, 5.41) is 0. The Morgan fingerprint density at radius 2 is 2.06 bits per heavy atom. The van der Waals surface area contributed by atoms with E-state index < -0.39 is 5.60 Å². The number of rotatable bonds is 1. The van der Waals surface area contributed by atoms with E-state index in [2.05, 4.69) is 0 Å². The van der Waals surface area contributed by atoms with Gasteiger partial charge in [-0.25, -0.2) is 4.79 Å². The van der Waals surface area contributed by atoms with Gasteiger partial charge in [-0.15, -0.1) is 0 Å². The van der Waals surface area contributed by atoms with Crippen molar-refractivity contribution >= 4 is 23.3 Å². The maximum atomic E-state index is 11.9. The van der Waals surface area contributed by atoms with Gasteiger partial charge in [0.15, 0.2) is 0 Å². The van der Waals surface area contributed by atoms with E-state index in [-0.39, 0.29) is 23.3 Å². The Morgan fingerprint density at radius 1 is 1.47 bits per heavy atom. The standard InChI is InChI=1S/C11H20N2O3S/c1-7-5-13(6-8(15-7)9(12)17)10(14)16-11(2,3)4/h7-8H,5-6H2,1-4H3,(H2,12,17)/t7-,8+/m1/s1. The lowest BCUT2D eigenvalue weighted by atomic mass is 10.2. The lowest BCUT2D eigenvalue weighted by molar-refractivity contribution is -0.0547. The van der Waals surface area contributed by atoms with E-state index in [9.17, 15) is 4.79 Å². The quantitative estimate of drug-likeness (QED) is 0.720. The molecule has 0 unspecified atom stereocenters. The molecule has 0 aromatic rings. The first-order valence-electron chi connectivity index (χ1n) is 5.62. The number of nitrogens with zero attached hydrogens (tertiary/aromatic N) is 1. The molecule has 17 heavy (non-hydrogen) atoms. The average Bonchev–Trinajstić information content (AvgIpc) is 2.13. The summed E-state index contributed by atoms with van der Waals surface area (Å²) >= 11 is 4.89. The van der Waals surface area contributed by atoms with Crippen LogP contribution in [-0.2, 0) is 9.47 Å². The molecule has 1 aliphatic heterocycles. The van der Waals surface area contributed by atoms with Crippen molar-refractivity contribution in [1.29, 1.82) is 0 Å². The van der Waals surface area contributed by atoms with Gasteiger partial charge >= 0.3 is 6.09 Å². The third kappa shape index (κ3) is 4.47. The average molecular weight is 260 g/mol. The van der Waals surface area contributed by atoms with Crippen LogP contribution in [0.5, 0.6) is 0 Å². The van der Waals surface area contributed by atoms with Gasteiger partial charge in [0.05, 0.1) is 19.2 Å². The van der Waals surface area contributed by atoms with Crippen molar-refractivity contribution in [3.8, 4) is 0 Å². The lowest BCUT2D eigenvalue weighted by Gasteiger charge is -2.36. The topological polar surface area (TPSA) is 64.8 Å². The van der Waals surface area contributed by atoms with Crippen LogP contribution in [-0.4, -0.2) is 46.9 Å². The fourth-order valence-electron chi connectivity index (χ4n) is 1.58.